The third-order valence-corrected chi connectivity index (χ3v) is 5.14. The third-order valence-electron chi connectivity index (χ3n) is 3.20. The van der Waals surface area contributed by atoms with E-state index in [9.17, 15) is 13.2 Å². The Labute approximate surface area is 133 Å². The molecule has 2 aromatic rings. The first-order chi connectivity index (χ1) is 10.7. The molecule has 0 bridgehead atoms. The van der Waals surface area contributed by atoms with Crippen molar-refractivity contribution in [1.29, 1.82) is 0 Å². The minimum Gasteiger partial charge on any atom is -0.497 e. The average molecular weight is 339 g/mol. The molecule has 0 amide bonds. The predicted molar refractivity (Wildman–Crippen MR) is 81.0 cm³/mol. The third kappa shape index (κ3) is 3.86. The summed E-state index contributed by atoms with van der Waals surface area (Å²) in [4.78, 5) is 10.8. The minimum absolute atomic E-state index is 0.195. The highest BCUT2D eigenvalue weighted by molar-refractivity contribution is 7.90. The minimum atomic E-state index is -3.63. The van der Waals surface area contributed by atoms with Crippen molar-refractivity contribution in [3.63, 3.8) is 0 Å². The van der Waals surface area contributed by atoms with Crippen LogP contribution in [-0.4, -0.2) is 41.6 Å². The first kappa shape index (κ1) is 16.9. The van der Waals surface area contributed by atoms with E-state index in [2.05, 4.69) is 10.3 Å². The van der Waals surface area contributed by atoms with Gasteiger partial charge in [-0.1, -0.05) is 5.21 Å². The maximum Gasteiger partial charge on any atom is 0.325 e. The second-order valence-corrected chi connectivity index (χ2v) is 7.08. The van der Waals surface area contributed by atoms with Crippen LogP contribution < -0.4 is 4.74 Å². The molecule has 0 aliphatic rings. The Hall–Kier alpha value is -2.42. The van der Waals surface area contributed by atoms with Crippen LogP contribution in [0.25, 0.3) is 0 Å². The molecule has 0 aliphatic carbocycles. The predicted octanol–water partition coefficient (Wildman–Crippen LogP) is 0.962. The van der Waals surface area contributed by atoms with Crippen molar-refractivity contribution in [2.75, 3.05) is 7.11 Å². The summed E-state index contributed by atoms with van der Waals surface area (Å²) in [7, 11) is -2.12. The van der Waals surface area contributed by atoms with Crippen LogP contribution in [0.5, 0.6) is 5.75 Å². The summed E-state index contributed by atoms with van der Waals surface area (Å²) in [5, 5.41) is 16.0. The fraction of sp³-hybridized carbons (Fsp3) is 0.357. The van der Waals surface area contributed by atoms with Gasteiger partial charge in [0.1, 0.15) is 18.0 Å². The molecule has 1 heterocycles. The van der Waals surface area contributed by atoms with E-state index >= 15 is 0 Å². The van der Waals surface area contributed by atoms with Crippen LogP contribution in [-0.2, 0) is 26.9 Å². The van der Waals surface area contributed by atoms with Crippen LogP contribution in [0.1, 0.15) is 16.8 Å². The average Bonchev–Trinajstić information content (AvgIpc) is 2.82. The number of hydrogen-bond acceptors (Lipinski definition) is 6. The second kappa shape index (κ2) is 6.37. The van der Waals surface area contributed by atoms with Crippen LogP contribution in [0.3, 0.4) is 0 Å². The van der Waals surface area contributed by atoms with Gasteiger partial charge in [-0.15, -0.1) is 5.10 Å². The van der Waals surface area contributed by atoms with Gasteiger partial charge in [0, 0.05) is 0 Å². The first-order valence-electron chi connectivity index (χ1n) is 6.71. The smallest absolute Gasteiger partial charge is 0.325 e. The molecular weight excluding hydrogens is 322 g/mol. The quantitative estimate of drug-likeness (QED) is 0.834. The van der Waals surface area contributed by atoms with Crippen molar-refractivity contribution >= 4 is 15.8 Å². The van der Waals surface area contributed by atoms with Gasteiger partial charge in [0.05, 0.1) is 23.9 Å². The number of nitrogens with zero attached hydrogens (tertiary/aromatic N) is 3. The van der Waals surface area contributed by atoms with Gasteiger partial charge in [-0.2, -0.15) is 0 Å². The van der Waals surface area contributed by atoms with Crippen LogP contribution in [0.2, 0.25) is 0 Å². The van der Waals surface area contributed by atoms with Gasteiger partial charge in [-0.25, -0.2) is 13.1 Å². The summed E-state index contributed by atoms with van der Waals surface area (Å²) in [6, 6.07) is 3.31. The summed E-state index contributed by atoms with van der Waals surface area (Å²) in [5.74, 6) is -0.835. The standard InChI is InChI=1S/C14H17N3O5S/c1-9-4-12(22-3)5-10(2)14(9)23(20,21)8-11-6-17(16-15-11)7-13(18)19/h4-6H,7-8H2,1-3H3,(H,18,19). The Balaban J connectivity index is 2.32. The molecule has 23 heavy (non-hydrogen) atoms. The molecule has 0 aliphatic heterocycles. The summed E-state index contributed by atoms with van der Waals surface area (Å²) in [6.45, 7) is 3.03. The number of carboxylic acid groups (broad SMARTS) is 1. The SMILES string of the molecule is COc1cc(C)c(S(=O)(=O)Cc2cn(CC(=O)O)nn2)c(C)c1. The van der Waals surface area contributed by atoms with Gasteiger partial charge in [-0.05, 0) is 37.1 Å². The molecule has 1 N–H and O–H groups in total. The van der Waals surface area contributed by atoms with E-state index in [1.54, 1.807) is 26.0 Å². The summed E-state index contributed by atoms with van der Waals surface area (Å²) >= 11 is 0. The number of benzene rings is 1. The van der Waals surface area contributed by atoms with Gasteiger partial charge in [0.2, 0.25) is 0 Å². The molecule has 0 fully saturated rings. The lowest BCUT2D eigenvalue weighted by Crippen LogP contribution is -2.10. The van der Waals surface area contributed by atoms with Gasteiger partial charge in [0.15, 0.2) is 9.84 Å². The molecule has 0 radical (unpaired) electrons. The van der Waals surface area contributed by atoms with E-state index in [4.69, 9.17) is 9.84 Å². The fourth-order valence-electron chi connectivity index (χ4n) is 2.41. The molecule has 124 valence electrons. The van der Waals surface area contributed by atoms with Crippen LogP contribution >= 0.6 is 0 Å². The zero-order chi connectivity index (χ0) is 17.2. The number of sulfone groups is 1. The molecule has 0 atom stereocenters. The number of carbonyl (C=O) groups is 1. The highest BCUT2D eigenvalue weighted by Gasteiger charge is 2.23. The van der Waals surface area contributed by atoms with E-state index in [0.29, 0.717) is 16.9 Å². The molecule has 2 rings (SSSR count). The Morgan fingerprint density at radius 2 is 1.91 bits per heavy atom. The lowest BCUT2D eigenvalue weighted by atomic mass is 10.1. The van der Waals surface area contributed by atoms with Crippen molar-refractivity contribution in [2.45, 2.75) is 31.0 Å². The number of rotatable bonds is 6. The summed E-state index contributed by atoms with van der Waals surface area (Å²) in [5.41, 5.74) is 1.36. The molecule has 0 saturated carbocycles. The Morgan fingerprint density at radius 1 is 1.30 bits per heavy atom. The number of hydrogen-bond donors (Lipinski definition) is 1. The molecule has 0 saturated heterocycles. The molecule has 1 aromatic carbocycles. The van der Waals surface area contributed by atoms with Crippen molar-refractivity contribution in [2.24, 2.45) is 0 Å². The number of aliphatic carboxylic acids is 1. The number of aromatic nitrogens is 3. The monoisotopic (exact) mass is 339 g/mol. The largest absolute Gasteiger partial charge is 0.497 e. The summed E-state index contributed by atoms with van der Waals surface area (Å²) < 4.78 is 31.5. The Kier molecular flexibility index (Phi) is 4.69. The molecule has 9 heteroatoms. The molecule has 0 spiro atoms. The second-order valence-electron chi connectivity index (χ2n) is 5.15. The molecule has 1 aromatic heterocycles. The highest BCUT2D eigenvalue weighted by Crippen LogP contribution is 2.27. The van der Waals surface area contributed by atoms with Crippen molar-refractivity contribution in [3.8, 4) is 5.75 Å². The van der Waals surface area contributed by atoms with Crippen molar-refractivity contribution < 1.29 is 23.1 Å². The van der Waals surface area contributed by atoms with Crippen LogP contribution in [0.4, 0.5) is 0 Å². The number of methoxy groups -OCH3 is 1. The highest BCUT2D eigenvalue weighted by atomic mass is 32.2. The normalized spacial score (nSPS) is 11.4. The summed E-state index contributed by atoms with van der Waals surface area (Å²) in [6.07, 6.45) is 1.32. The lowest BCUT2D eigenvalue weighted by molar-refractivity contribution is -0.137. The van der Waals surface area contributed by atoms with E-state index in [1.807, 2.05) is 0 Å². The number of ether oxygens (including phenoxy) is 1. The van der Waals surface area contributed by atoms with Gasteiger partial charge in [-0.3, -0.25) is 4.79 Å². The number of aryl methyl sites for hydroxylation is 2. The lowest BCUT2D eigenvalue weighted by Gasteiger charge is -2.12. The van der Waals surface area contributed by atoms with Crippen molar-refractivity contribution in [1.82, 2.24) is 15.0 Å². The zero-order valence-corrected chi connectivity index (χ0v) is 13.8. The fourth-order valence-corrected chi connectivity index (χ4v) is 4.17. The first-order valence-corrected chi connectivity index (χ1v) is 8.37. The van der Waals surface area contributed by atoms with Gasteiger partial charge in [0.25, 0.3) is 0 Å². The molecule has 0 unspecified atom stereocenters. The van der Waals surface area contributed by atoms with E-state index in [-0.39, 0.29) is 22.9 Å². The van der Waals surface area contributed by atoms with Crippen LogP contribution in [0, 0.1) is 13.8 Å². The van der Waals surface area contributed by atoms with Crippen LogP contribution in [0.15, 0.2) is 23.2 Å². The van der Waals surface area contributed by atoms with E-state index in [1.165, 1.54) is 13.3 Å². The number of carboxylic acids is 1. The van der Waals surface area contributed by atoms with Gasteiger partial charge >= 0.3 is 5.97 Å². The Bertz CT molecular complexity index is 819. The zero-order valence-electron chi connectivity index (χ0n) is 13.0. The molecule has 8 nitrogen and oxygen atoms in total. The van der Waals surface area contributed by atoms with E-state index < -0.39 is 15.8 Å². The Morgan fingerprint density at radius 3 is 2.43 bits per heavy atom. The maximum atomic E-state index is 12.6. The molecular formula is C14H17N3O5S. The van der Waals surface area contributed by atoms with E-state index in [0.717, 1.165) is 4.68 Å². The topological polar surface area (TPSA) is 111 Å². The van der Waals surface area contributed by atoms with Crippen molar-refractivity contribution in [3.05, 3.63) is 35.2 Å². The van der Waals surface area contributed by atoms with Gasteiger partial charge < -0.3 is 9.84 Å². The maximum absolute atomic E-state index is 12.6.